The Hall–Kier alpha value is -5.56. The van der Waals surface area contributed by atoms with E-state index in [9.17, 15) is 0 Å². The Bertz CT molecular complexity index is 2520. The molecule has 5 aromatic carbocycles. The summed E-state index contributed by atoms with van der Waals surface area (Å²) in [6, 6.07) is 35.4. The second-order valence-corrected chi connectivity index (χ2v) is 13.0. The van der Waals surface area contributed by atoms with E-state index >= 15 is 0 Å². The van der Waals surface area contributed by atoms with E-state index in [1.807, 2.05) is 47.9 Å². The number of hydrogen-bond donors (Lipinski definition) is 0. The molecule has 0 unspecified atom stereocenters. The maximum Gasteiger partial charge on any atom is 0.124 e. The molecular weight excluding hydrogens is 601 g/mol. The summed E-state index contributed by atoms with van der Waals surface area (Å²) in [6.07, 6.45) is 11.3. The highest BCUT2D eigenvalue weighted by molar-refractivity contribution is 7.13. The van der Waals surface area contributed by atoms with E-state index in [-0.39, 0.29) is 0 Å². The lowest BCUT2D eigenvalue weighted by atomic mass is 9.89. The first-order valence-corrected chi connectivity index (χ1v) is 16.7. The number of fused-ring (bicyclic) bond motifs is 6. The average molecular weight is 625 g/mol. The minimum atomic E-state index is 0.974. The van der Waals surface area contributed by atoms with Crippen LogP contribution in [0.15, 0.2) is 145 Å². The predicted molar refractivity (Wildman–Crippen MR) is 193 cm³/mol. The third-order valence-electron chi connectivity index (χ3n) is 8.54. The van der Waals surface area contributed by atoms with E-state index in [0.29, 0.717) is 0 Å². The second kappa shape index (κ2) is 11.1. The minimum absolute atomic E-state index is 0.974. The van der Waals surface area contributed by atoms with Gasteiger partial charge >= 0.3 is 0 Å². The molecule has 6 heteroatoms. The highest BCUT2D eigenvalue weighted by atomic mass is 32.1. The molecule has 0 bridgehead atoms. The van der Waals surface area contributed by atoms with Gasteiger partial charge in [0.25, 0.3) is 0 Å². The van der Waals surface area contributed by atoms with Crippen LogP contribution < -0.4 is 0 Å². The molecule has 9 rings (SSSR count). The SMILES string of the molecule is c1ccc(-c2ccc3c4cc(-c5cncc(-c6nccs6)c5)ccc4c4ccc(-c5cncc(-c6nccs6)c5)cc4c3c2)cc1. The van der Waals surface area contributed by atoms with Crippen molar-refractivity contribution in [3.05, 3.63) is 145 Å². The maximum absolute atomic E-state index is 4.58. The first-order valence-electron chi connectivity index (χ1n) is 15.0. The lowest BCUT2D eigenvalue weighted by Gasteiger charge is -2.15. The zero-order chi connectivity index (χ0) is 30.5. The molecule has 0 fully saturated rings. The van der Waals surface area contributed by atoms with Gasteiger partial charge in [-0.25, -0.2) is 9.97 Å². The molecule has 46 heavy (non-hydrogen) atoms. The predicted octanol–water partition coefficient (Wildman–Crippen LogP) is 11.2. The number of pyridine rings is 2. The van der Waals surface area contributed by atoms with E-state index in [1.54, 1.807) is 22.7 Å². The van der Waals surface area contributed by atoms with Crippen molar-refractivity contribution in [3.63, 3.8) is 0 Å². The molecule has 0 aliphatic carbocycles. The van der Waals surface area contributed by atoms with Gasteiger partial charge in [-0.15, -0.1) is 22.7 Å². The van der Waals surface area contributed by atoms with Crippen molar-refractivity contribution in [2.45, 2.75) is 0 Å². The van der Waals surface area contributed by atoms with Gasteiger partial charge in [-0.05, 0) is 84.9 Å². The van der Waals surface area contributed by atoms with Crippen LogP contribution in [0.5, 0.6) is 0 Å². The molecule has 4 aromatic heterocycles. The molecule has 0 atom stereocenters. The summed E-state index contributed by atoms with van der Waals surface area (Å²) in [5.74, 6) is 0. The number of nitrogens with zero attached hydrogens (tertiary/aromatic N) is 4. The third kappa shape index (κ3) is 4.67. The third-order valence-corrected chi connectivity index (χ3v) is 10.2. The van der Waals surface area contributed by atoms with Crippen LogP contribution in [0.2, 0.25) is 0 Å². The molecule has 0 aliphatic rings. The van der Waals surface area contributed by atoms with E-state index in [1.165, 1.54) is 43.4 Å². The van der Waals surface area contributed by atoms with Crippen LogP contribution in [0.1, 0.15) is 0 Å². The summed E-state index contributed by atoms with van der Waals surface area (Å²) in [7, 11) is 0. The van der Waals surface area contributed by atoms with Gasteiger partial charge in [-0.3, -0.25) is 9.97 Å². The van der Waals surface area contributed by atoms with Crippen molar-refractivity contribution in [1.29, 1.82) is 0 Å². The minimum Gasteiger partial charge on any atom is -0.263 e. The van der Waals surface area contributed by atoms with Crippen molar-refractivity contribution in [2.24, 2.45) is 0 Å². The van der Waals surface area contributed by atoms with E-state index in [4.69, 9.17) is 0 Å². The Morgan fingerprint density at radius 1 is 0.348 bits per heavy atom. The molecule has 0 N–H and O–H groups in total. The molecule has 0 radical (unpaired) electrons. The molecule has 4 heterocycles. The zero-order valence-electron chi connectivity index (χ0n) is 24.5. The van der Waals surface area contributed by atoms with Gasteiger partial charge in [-0.2, -0.15) is 0 Å². The Balaban J connectivity index is 1.27. The smallest absolute Gasteiger partial charge is 0.124 e. The number of aromatic nitrogens is 4. The van der Waals surface area contributed by atoms with Crippen LogP contribution in [0.25, 0.3) is 86.8 Å². The fourth-order valence-corrected chi connectivity index (χ4v) is 7.58. The van der Waals surface area contributed by atoms with Gasteiger partial charge in [0.05, 0.1) is 0 Å². The average Bonchev–Trinajstić information content (AvgIpc) is 3.88. The summed E-state index contributed by atoms with van der Waals surface area (Å²) in [5, 5.41) is 13.3. The first-order chi connectivity index (χ1) is 22.8. The lowest BCUT2D eigenvalue weighted by Crippen LogP contribution is -1.89. The maximum atomic E-state index is 4.58. The van der Waals surface area contributed by atoms with Crippen molar-refractivity contribution >= 4 is 55.0 Å². The molecule has 9 aromatic rings. The Kier molecular flexibility index (Phi) is 6.47. The molecule has 4 nitrogen and oxygen atoms in total. The van der Waals surface area contributed by atoms with Crippen LogP contribution in [-0.2, 0) is 0 Å². The summed E-state index contributed by atoms with van der Waals surface area (Å²) >= 11 is 3.25. The van der Waals surface area contributed by atoms with Crippen LogP contribution in [0.4, 0.5) is 0 Å². The Labute approximate surface area is 273 Å². The zero-order valence-corrected chi connectivity index (χ0v) is 26.1. The molecule has 0 amide bonds. The van der Waals surface area contributed by atoms with Gasteiger partial charge < -0.3 is 0 Å². The standard InChI is InChI=1S/C40H24N4S2/c1-2-4-25(5-3-1)26-6-11-35-36-19-27(29-16-31(23-41-21-29)39-43-12-14-45-39)7-9-33(36)34-10-8-28(20-37(34)38(35)18-26)30-17-32(24-42-22-30)40-44-13-15-46-40/h1-24H. The number of benzene rings is 5. The van der Waals surface area contributed by atoms with Gasteiger partial charge in [0.15, 0.2) is 0 Å². The fourth-order valence-electron chi connectivity index (χ4n) is 6.34. The van der Waals surface area contributed by atoms with Gasteiger partial charge in [0, 0.05) is 70.2 Å². The quantitative estimate of drug-likeness (QED) is 0.179. The van der Waals surface area contributed by atoms with E-state index in [2.05, 4.69) is 117 Å². The van der Waals surface area contributed by atoms with Crippen molar-refractivity contribution in [1.82, 2.24) is 19.9 Å². The van der Waals surface area contributed by atoms with Crippen molar-refractivity contribution in [2.75, 3.05) is 0 Å². The van der Waals surface area contributed by atoms with Gasteiger partial charge in [-0.1, -0.05) is 66.7 Å². The molecule has 0 saturated carbocycles. The summed E-state index contributed by atoms with van der Waals surface area (Å²) in [6.45, 7) is 0. The van der Waals surface area contributed by atoms with Crippen LogP contribution in [-0.4, -0.2) is 19.9 Å². The number of hydrogen-bond acceptors (Lipinski definition) is 6. The van der Waals surface area contributed by atoms with Gasteiger partial charge in [0.1, 0.15) is 10.0 Å². The van der Waals surface area contributed by atoms with E-state index < -0.39 is 0 Å². The normalized spacial score (nSPS) is 11.5. The lowest BCUT2D eigenvalue weighted by molar-refractivity contribution is 1.31. The van der Waals surface area contributed by atoms with Crippen LogP contribution in [0.3, 0.4) is 0 Å². The Morgan fingerprint density at radius 2 is 0.783 bits per heavy atom. The molecule has 0 saturated heterocycles. The Morgan fingerprint density at radius 3 is 1.26 bits per heavy atom. The highest BCUT2D eigenvalue weighted by Gasteiger charge is 2.14. The van der Waals surface area contributed by atoms with E-state index in [0.717, 1.165) is 43.4 Å². The molecule has 216 valence electrons. The van der Waals surface area contributed by atoms with Crippen LogP contribution >= 0.6 is 22.7 Å². The van der Waals surface area contributed by atoms with Crippen molar-refractivity contribution in [3.8, 4) is 54.5 Å². The highest BCUT2D eigenvalue weighted by Crippen LogP contribution is 2.41. The monoisotopic (exact) mass is 624 g/mol. The topological polar surface area (TPSA) is 51.6 Å². The molecule has 0 aliphatic heterocycles. The molecule has 0 spiro atoms. The first kappa shape index (κ1) is 26.8. The summed E-state index contributed by atoms with van der Waals surface area (Å²) < 4.78 is 0. The van der Waals surface area contributed by atoms with Crippen LogP contribution in [0, 0.1) is 0 Å². The summed E-state index contributed by atoms with van der Waals surface area (Å²) in [4.78, 5) is 18.2. The second-order valence-electron chi connectivity index (χ2n) is 11.2. The van der Waals surface area contributed by atoms with Gasteiger partial charge in [0.2, 0.25) is 0 Å². The number of thiazole rings is 2. The largest absolute Gasteiger partial charge is 0.263 e. The summed E-state index contributed by atoms with van der Waals surface area (Å²) in [5.41, 5.74) is 8.87. The fraction of sp³-hybridized carbons (Fsp3) is 0. The number of rotatable bonds is 5. The van der Waals surface area contributed by atoms with Crippen molar-refractivity contribution < 1.29 is 0 Å². The molecular formula is C40H24N4S2.